The molecule has 0 rings (SSSR count). The Labute approximate surface area is 129 Å². The van der Waals surface area contributed by atoms with Crippen molar-refractivity contribution in [3.05, 3.63) is 0 Å². The number of methoxy groups -OCH3 is 1. The van der Waals surface area contributed by atoms with Crippen LogP contribution in [0.2, 0.25) is 0 Å². The van der Waals surface area contributed by atoms with Crippen molar-refractivity contribution in [1.29, 1.82) is 0 Å². The van der Waals surface area contributed by atoms with Crippen molar-refractivity contribution in [3.63, 3.8) is 0 Å². The van der Waals surface area contributed by atoms with Gasteiger partial charge in [0.05, 0.1) is 12.8 Å². The van der Waals surface area contributed by atoms with Crippen LogP contribution in [0.5, 0.6) is 0 Å². The van der Waals surface area contributed by atoms with E-state index in [0.717, 1.165) is 12.8 Å². The molecule has 21 heavy (non-hydrogen) atoms. The lowest BCUT2D eigenvalue weighted by atomic mass is 10.3. The fourth-order valence-corrected chi connectivity index (χ4v) is 5.12. The molecule has 1 N–H and O–H groups in total. The first-order valence-corrected chi connectivity index (χ1v) is 9.62. The van der Waals surface area contributed by atoms with Crippen molar-refractivity contribution in [3.8, 4) is 0 Å². The summed E-state index contributed by atoms with van der Waals surface area (Å²) in [5, 5.41) is 3.42. The number of carbonyl (C=O) groups is 1. The summed E-state index contributed by atoms with van der Waals surface area (Å²) in [5.74, 6) is -0.187. The van der Waals surface area contributed by atoms with E-state index in [0.29, 0.717) is 32.8 Å². The van der Waals surface area contributed by atoms with E-state index >= 15 is 0 Å². The first-order chi connectivity index (χ1) is 10.1. The molecule has 0 aromatic heterocycles. The Hall–Kier alpha value is -0.473. The predicted molar refractivity (Wildman–Crippen MR) is 84.0 cm³/mol. The highest BCUT2D eigenvalue weighted by Gasteiger charge is 2.48. The Kier molecular flexibility index (Phi) is 11.8. The first-order valence-electron chi connectivity index (χ1n) is 7.82. The molecule has 1 atom stereocenters. The largest absolute Gasteiger partial charge is 0.518 e. The number of nitrogens with one attached hydrogen (secondary N) is 1. The van der Waals surface area contributed by atoms with Crippen molar-refractivity contribution in [2.75, 3.05) is 33.5 Å². The minimum absolute atomic E-state index is 0.0370. The van der Waals surface area contributed by atoms with Crippen LogP contribution in [0, 0.1) is 0 Å². The third-order valence-corrected chi connectivity index (χ3v) is 6.59. The highest BCUT2D eigenvalue weighted by molar-refractivity contribution is 6.62. The molecule has 0 heterocycles. The number of esters is 1. The molecule has 0 radical (unpaired) electrons. The molecule has 7 heteroatoms. The molecular weight excluding hydrogens is 290 g/mol. The second-order valence-corrected chi connectivity index (χ2v) is 7.27. The van der Waals surface area contributed by atoms with E-state index in [1.54, 1.807) is 0 Å². The Morgan fingerprint density at radius 3 is 1.95 bits per heavy atom. The third kappa shape index (κ3) is 7.37. The topological polar surface area (TPSA) is 66.0 Å². The zero-order valence-corrected chi connectivity index (χ0v) is 15.1. The molecule has 6 nitrogen and oxygen atoms in total. The summed E-state index contributed by atoms with van der Waals surface area (Å²) in [6.45, 7) is 10.3. The van der Waals surface area contributed by atoms with Gasteiger partial charge in [-0.2, -0.15) is 0 Å². The van der Waals surface area contributed by atoms with Crippen LogP contribution in [0.1, 0.15) is 47.0 Å². The van der Waals surface area contributed by atoms with Gasteiger partial charge in [-0.3, -0.25) is 4.79 Å². The summed E-state index contributed by atoms with van der Waals surface area (Å²) >= 11 is 0. The van der Waals surface area contributed by atoms with E-state index in [2.05, 4.69) is 17.0 Å². The van der Waals surface area contributed by atoms with E-state index in [9.17, 15) is 4.79 Å². The standard InChI is InChI=1S/C14H31NO5Si/c1-6-13(15-12-10-11-14(16)17-5)21(18-7-2,19-8-3)20-9-4/h13,15H,6-12H2,1-5H3. The zero-order valence-electron chi connectivity index (χ0n) is 14.1. The average molecular weight is 321 g/mol. The van der Waals surface area contributed by atoms with E-state index < -0.39 is 8.80 Å². The van der Waals surface area contributed by atoms with E-state index in [1.165, 1.54) is 7.11 Å². The zero-order chi connectivity index (χ0) is 16.1. The highest BCUT2D eigenvalue weighted by Crippen LogP contribution is 2.18. The summed E-state index contributed by atoms with van der Waals surface area (Å²) in [6, 6.07) is 0. The summed E-state index contributed by atoms with van der Waals surface area (Å²) < 4.78 is 22.3. The van der Waals surface area contributed by atoms with E-state index in [-0.39, 0.29) is 11.6 Å². The van der Waals surface area contributed by atoms with Crippen LogP contribution < -0.4 is 5.32 Å². The molecule has 0 bridgehead atoms. The van der Waals surface area contributed by atoms with Crippen LogP contribution in [0.25, 0.3) is 0 Å². The molecule has 0 spiro atoms. The van der Waals surface area contributed by atoms with Gasteiger partial charge in [0.2, 0.25) is 0 Å². The Bertz CT molecular complexity index is 261. The number of hydrogen-bond donors (Lipinski definition) is 1. The second kappa shape index (κ2) is 12.1. The molecule has 0 aromatic rings. The lowest BCUT2D eigenvalue weighted by Crippen LogP contribution is -2.62. The maximum atomic E-state index is 11.1. The quantitative estimate of drug-likeness (QED) is 0.317. The molecule has 1 unspecified atom stereocenters. The van der Waals surface area contributed by atoms with Crippen molar-refractivity contribution >= 4 is 14.8 Å². The van der Waals surface area contributed by atoms with Crippen LogP contribution in [0.15, 0.2) is 0 Å². The van der Waals surface area contributed by atoms with Gasteiger partial charge in [-0.15, -0.1) is 0 Å². The second-order valence-electron chi connectivity index (χ2n) is 4.50. The Balaban J connectivity index is 4.60. The number of rotatable bonds is 13. The van der Waals surface area contributed by atoms with Crippen molar-refractivity contribution in [2.45, 2.75) is 52.6 Å². The van der Waals surface area contributed by atoms with Crippen LogP contribution in [0.3, 0.4) is 0 Å². The smallest absolute Gasteiger partial charge is 0.469 e. The first kappa shape index (κ1) is 20.5. The van der Waals surface area contributed by atoms with Crippen LogP contribution in [-0.2, 0) is 22.8 Å². The summed E-state index contributed by atoms with van der Waals surface area (Å²) in [6.07, 6.45) is 1.98. The van der Waals surface area contributed by atoms with Gasteiger partial charge in [-0.25, -0.2) is 0 Å². The van der Waals surface area contributed by atoms with Gasteiger partial charge < -0.3 is 23.3 Å². The van der Waals surface area contributed by atoms with Crippen LogP contribution in [0.4, 0.5) is 0 Å². The normalized spacial score (nSPS) is 13.2. The maximum Gasteiger partial charge on any atom is 0.518 e. The third-order valence-electron chi connectivity index (χ3n) is 3.05. The number of ether oxygens (including phenoxy) is 1. The van der Waals surface area contributed by atoms with Gasteiger partial charge in [0, 0.05) is 26.2 Å². The fourth-order valence-electron chi connectivity index (χ4n) is 2.16. The summed E-state index contributed by atoms with van der Waals surface area (Å²) in [5.41, 5.74) is 0.0370. The molecule has 0 saturated heterocycles. The Morgan fingerprint density at radius 2 is 1.57 bits per heavy atom. The average Bonchev–Trinajstić information content (AvgIpc) is 2.47. The number of hydrogen-bond acceptors (Lipinski definition) is 6. The lowest BCUT2D eigenvalue weighted by Gasteiger charge is -2.35. The Morgan fingerprint density at radius 1 is 1.05 bits per heavy atom. The van der Waals surface area contributed by atoms with E-state index in [1.807, 2.05) is 20.8 Å². The van der Waals surface area contributed by atoms with Gasteiger partial charge >= 0.3 is 14.8 Å². The molecule has 0 aromatic carbocycles. The molecule has 0 saturated carbocycles. The highest BCUT2D eigenvalue weighted by atomic mass is 28.4. The summed E-state index contributed by atoms with van der Waals surface area (Å²) in [7, 11) is -1.33. The number of carbonyl (C=O) groups excluding carboxylic acids is 1. The predicted octanol–water partition coefficient (Wildman–Crippen LogP) is 1.90. The molecule has 126 valence electrons. The molecular formula is C14H31NO5Si. The van der Waals surface area contributed by atoms with Gasteiger partial charge in [0.15, 0.2) is 0 Å². The maximum absolute atomic E-state index is 11.1. The van der Waals surface area contributed by atoms with Crippen molar-refractivity contribution < 1.29 is 22.8 Å². The minimum atomic E-state index is -2.74. The fraction of sp³-hybridized carbons (Fsp3) is 0.929. The van der Waals surface area contributed by atoms with Crippen LogP contribution in [-0.4, -0.2) is 53.9 Å². The molecule has 0 aliphatic heterocycles. The van der Waals surface area contributed by atoms with Gasteiger partial charge in [0.1, 0.15) is 0 Å². The minimum Gasteiger partial charge on any atom is -0.469 e. The molecule has 0 amide bonds. The van der Waals surface area contributed by atoms with Crippen LogP contribution >= 0.6 is 0 Å². The lowest BCUT2D eigenvalue weighted by molar-refractivity contribution is -0.140. The summed E-state index contributed by atoms with van der Waals surface area (Å²) in [4.78, 5) is 11.1. The molecule has 0 aliphatic carbocycles. The SMILES string of the molecule is CCO[Si](OCC)(OCC)C(CC)NCCCC(=O)OC. The molecule has 0 fully saturated rings. The van der Waals surface area contributed by atoms with Gasteiger partial charge in [-0.1, -0.05) is 6.92 Å². The van der Waals surface area contributed by atoms with E-state index in [4.69, 9.17) is 13.3 Å². The molecule has 0 aliphatic rings. The van der Waals surface area contributed by atoms with Gasteiger partial charge in [-0.05, 0) is 40.2 Å². The monoisotopic (exact) mass is 321 g/mol. The van der Waals surface area contributed by atoms with Crippen molar-refractivity contribution in [2.24, 2.45) is 0 Å². The van der Waals surface area contributed by atoms with Crippen molar-refractivity contribution in [1.82, 2.24) is 5.32 Å². The van der Waals surface area contributed by atoms with Gasteiger partial charge in [0.25, 0.3) is 0 Å².